The normalized spacial score (nSPS) is 10.9. The minimum Gasteiger partial charge on any atom is -0.328 e. The lowest BCUT2D eigenvalue weighted by Crippen LogP contribution is -2.00. The molecule has 0 radical (unpaired) electrons. The number of hydrogen-bond acceptors (Lipinski definition) is 4. The molecule has 0 N–H and O–H groups in total. The van der Waals surface area contributed by atoms with Crippen LogP contribution >= 0.6 is 11.3 Å². The fourth-order valence-electron chi connectivity index (χ4n) is 2.77. The molecule has 5 heteroatoms. The van der Waals surface area contributed by atoms with Crippen molar-refractivity contribution in [3.63, 3.8) is 0 Å². The Balaban J connectivity index is 1.85. The van der Waals surface area contributed by atoms with E-state index in [0.29, 0.717) is 0 Å². The topological polar surface area (TPSA) is 43.6 Å². The molecule has 0 atom stereocenters. The average Bonchev–Trinajstić information content (AvgIpc) is 3.25. The summed E-state index contributed by atoms with van der Waals surface area (Å²) in [5, 5.41) is 2.99. The van der Waals surface area contributed by atoms with Crippen molar-refractivity contribution in [2.45, 2.75) is 6.42 Å². The molecular formula is C19H16N4S. The monoisotopic (exact) mass is 332 g/mol. The minimum absolute atomic E-state index is 0.746. The first-order valence-corrected chi connectivity index (χ1v) is 8.60. The summed E-state index contributed by atoms with van der Waals surface area (Å²) >= 11 is 1.63. The minimum atomic E-state index is 0.746. The van der Waals surface area contributed by atoms with Crippen LogP contribution in [0.4, 0.5) is 0 Å². The fourth-order valence-corrected chi connectivity index (χ4v) is 3.49. The van der Waals surface area contributed by atoms with Crippen molar-refractivity contribution in [1.82, 2.24) is 19.5 Å². The first-order valence-electron chi connectivity index (χ1n) is 7.72. The number of hydrogen-bond donors (Lipinski definition) is 0. The largest absolute Gasteiger partial charge is 0.328 e. The molecule has 0 aliphatic rings. The molecule has 3 aromatic heterocycles. The molecule has 0 bridgehead atoms. The summed E-state index contributed by atoms with van der Waals surface area (Å²) in [5.41, 5.74) is 4.30. The van der Waals surface area contributed by atoms with Gasteiger partial charge in [0.1, 0.15) is 16.5 Å². The molecule has 1 aromatic carbocycles. The Morgan fingerprint density at radius 1 is 1.04 bits per heavy atom. The zero-order valence-corrected chi connectivity index (χ0v) is 14.1. The third-order valence-corrected chi connectivity index (χ3v) is 4.73. The van der Waals surface area contributed by atoms with E-state index >= 15 is 0 Å². The smallest absolute Gasteiger partial charge is 0.142 e. The van der Waals surface area contributed by atoms with Crippen LogP contribution in [0.15, 0.2) is 66.4 Å². The van der Waals surface area contributed by atoms with Crippen LogP contribution in [0.2, 0.25) is 0 Å². The second kappa shape index (κ2) is 6.37. The molecule has 0 spiro atoms. The van der Waals surface area contributed by atoms with Crippen molar-refractivity contribution >= 4 is 11.3 Å². The fraction of sp³-hybridized carbons (Fsp3) is 0.105. The molecule has 4 aromatic rings. The van der Waals surface area contributed by atoms with Gasteiger partial charge in [0.05, 0.1) is 5.69 Å². The maximum absolute atomic E-state index is 4.93. The van der Waals surface area contributed by atoms with Crippen LogP contribution in [0.3, 0.4) is 0 Å². The molecule has 0 unspecified atom stereocenters. The Bertz CT molecular complexity index is 928. The Morgan fingerprint density at radius 2 is 1.92 bits per heavy atom. The van der Waals surface area contributed by atoms with E-state index in [1.165, 1.54) is 0 Å². The highest BCUT2D eigenvalue weighted by molar-refractivity contribution is 7.13. The van der Waals surface area contributed by atoms with Gasteiger partial charge in [-0.3, -0.25) is 4.98 Å². The van der Waals surface area contributed by atoms with Crippen LogP contribution in [-0.4, -0.2) is 19.5 Å². The Kier molecular flexibility index (Phi) is 3.92. The van der Waals surface area contributed by atoms with Crippen molar-refractivity contribution < 1.29 is 0 Å². The Morgan fingerprint density at radius 3 is 2.62 bits per heavy atom. The van der Waals surface area contributed by atoms with Gasteiger partial charge in [-0.1, -0.05) is 36.4 Å². The Labute approximate surface area is 144 Å². The number of rotatable bonds is 4. The van der Waals surface area contributed by atoms with Crippen molar-refractivity contribution in [2.24, 2.45) is 7.05 Å². The summed E-state index contributed by atoms with van der Waals surface area (Å²) in [6.45, 7) is 0. The van der Waals surface area contributed by atoms with Gasteiger partial charge in [-0.2, -0.15) is 0 Å². The maximum atomic E-state index is 4.93. The lowest BCUT2D eigenvalue weighted by atomic mass is 10.1. The number of nitrogens with zero attached hydrogens (tertiary/aromatic N) is 4. The summed E-state index contributed by atoms with van der Waals surface area (Å²) in [6.07, 6.45) is 6.26. The summed E-state index contributed by atoms with van der Waals surface area (Å²) < 4.78 is 2.15. The van der Waals surface area contributed by atoms with Crippen molar-refractivity contribution in [3.05, 3.63) is 77.8 Å². The predicted molar refractivity (Wildman–Crippen MR) is 96.8 cm³/mol. The molecule has 3 heterocycles. The summed E-state index contributed by atoms with van der Waals surface area (Å²) in [7, 11) is 2.06. The number of benzene rings is 1. The third-order valence-electron chi connectivity index (χ3n) is 3.95. The molecule has 0 saturated heterocycles. The molecule has 0 fully saturated rings. The van der Waals surface area contributed by atoms with Crippen LogP contribution in [0, 0.1) is 0 Å². The van der Waals surface area contributed by atoms with Crippen LogP contribution in [0.1, 0.15) is 11.4 Å². The zero-order chi connectivity index (χ0) is 16.4. The van der Waals surface area contributed by atoms with Gasteiger partial charge in [-0.15, -0.1) is 11.3 Å². The van der Waals surface area contributed by atoms with E-state index in [0.717, 1.165) is 39.8 Å². The molecule has 118 valence electrons. The lowest BCUT2D eigenvalue weighted by Gasteiger charge is -2.05. The molecule has 4 nitrogen and oxygen atoms in total. The number of thiazole rings is 1. The van der Waals surface area contributed by atoms with E-state index < -0.39 is 0 Å². The average molecular weight is 332 g/mol. The van der Waals surface area contributed by atoms with Gasteiger partial charge in [-0.05, 0) is 11.6 Å². The quantitative estimate of drug-likeness (QED) is 0.562. The molecule has 0 saturated carbocycles. The van der Waals surface area contributed by atoms with E-state index in [4.69, 9.17) is 4.98 Å². The van der Waals surface area contributed by atoms with Gasteiger partial charge in [0.15, 0.2) is 0 Å². The lowest BCUT2D eigenvalue weighted by molar-refractivity contribution is 0.825. The highest BCUT2D eigenvalue weighted by Gasteiger charge is 2.19. The van der Waals surface area contributed by atoms with E-state index in [1.807, 2.05) is 42.0 Å². The predicted octanol–water partition coefficient (Wildman–Crippen LogP) is 4.20. The van der Waals surface area contributed by atoms with Gasteiger partial charge in [0, 0.05) is 43.0 Å². The second-order valence-corrected chi connectivity index (χ2v) is 6.42. The molecular weight excluding hydrogens is 316 g/mol. The van der Waals surface area contributed by atoms with Gasteiger partial charge < -0.3 is 4.57 Å². The summed E-state index contributed by atoms with van der Waals surface area (Å²) in [4.78, 5) is 13.6. The van der Waals surface area contributed by atoms with Crippen molar-refractivity contribution in [2.75, 3.05) is 0 Å². The highest BCUT2D eigenvalue weighted by atomic mass is 32.1. The number of pyridine rings is 1. The highest BCUT2D eigenvalue weighted by Crippen LogP contribution is 2.33. The van der Waals surface area contributed by atoms with Gasteiger partial charge >= 0.3 is 0 Å². The zero-order valence-electron chi connectivity index (χ0n) is 13.3. The number of aromatic nitrogens is 4. The van der Waals surface area contributed by atoms with E-state index in [2.05, 4.69) is 39.8 Å². The summed E-state index contributed by atoms with van der Waals surface area (Å²) in [5.74, 6) is 1.01. The van der Waals surface area contributed by atoms with Crippen LogP contribution in [-0.2, 0) is 13.5 Å². The molecule has 24 heavy (non-hydrogen) atoms. The van der Waals surface area contributed by atoms with Crippen LogP contribution < -0.4 is 0 Å². The molecule has 0 amide bonds. The van der Waals surface area contributed by atoms with Gasteiger partial charge in [0.2, 0.25) is 0 Å². The SMILES string of the molecule is Cn1c(Cc2cccnc2)nc(-c2ccccc2)c1-c1nccs1. The van der Waals surface area contributed by atoms with Gasteiger partial charge in [0.25, 0.3) is 0 Å². The van der Waals surface area contributed by atoms with Crippen LogP contribution in [0.25, 0.3) is 22.0 Å². The molecule has 0 aliphatic carbocycles. The first kappa shape index (κ1) is 14.8. The second-order valence-electron chi connectivity index (χ2n) is 5.53. The maximum Gasteiger partial charge on any atom is 0.142 e. The first-order chi connectivity index (χ1) is 11.8. The summed E-state index contributed by atoms with van der Waals surface area (Å²) in [6, 6.07) is 14.3. The van der Waals surface area contributed by atoms with E-state index in [9.17, 15) is 0 Å². The molecule has 0 aliphatic heterocycles. The van der Waals surface area contributed by atoms with Crippen molar-refractivity contribution in [1.29, 1.82) is 0 Å². The number of imidazole rings is 1. The third kappa shape index (κ3) is 2.74. The van der Waals surface area contributed by atoms with E-state index in [-0.39, 0.29) is 0 Å². The van der Waals surface area contributed by atoms with Gasteiger partial charge in [-0.25, -0.2) is 9.97 Å². The Hall–Kier alpha value is -2.79. The molecule has 4 rings (SSSR count). The van der Waals surface area contributed by atoms with Crippen molar-refractivity contribution in [3.8, 4) is 22.0 Å². The van der Waals surface area contributed by atoms with Crippen LogP contribution in [0.5, 0.6) is 0 Å². The van der Waals surface area contributed by atoms with E-state index in [1.54, 1.807) is 17.5 Å². The standard InChI is InChI=1S/C19H16N4S/c1-23-16(12-14-6-5-9-20-13-14)22-17(15-7-3-2-4-8-15)18(23)19-21-10-11-24-19/h2-11,13H,12H2,1H3.